The van der Waals surface area contributed by atoms with Gasteiger partial charge in [-0.2, -0.15) is 0 Å². The summed E-state index contributed by atoms with van der Waals surface area (Å²) < 4.78 is 14.0. The van der Waals surface area contributed by atoms with Gasteiger partial charge >= 0.3 is 0 Å². The predicted molar refractivity (Wildman–Crippen MR) is 107 cm³/mol. The van der Waals surface area contributed by atoms with Crippen molar-refractivity contribution in [2.45, 2.75) is 38.8 Å². The molecule has 0 saturated carbocycles. The quantitative estimate of drug-likeness (QED) is 0.814. The number of anilines is 3. The highest BCUT2D eigenvalue weighted by Crippen LogP contribution is 2.38. The lowest BCUT2D eigenvalue weighted by molar-refractivity contribution is -0.123. The van der Waals surface area contributed by atoms with E-state index in [1.165, 1.54) is 12.1 Å². The molecule has 0 aliphatic carbocycles. The fourth-order valence-corrected chi connectivity index (χ4v) is 4.39. The molecule has 4 nitrogen and oxygen atoms in total. The molecule has 0 N–H and O–H groups in total. The largest absolute Gasteiger partial charge is 0.338 e. The van der Waals surface area contributed by atoms with Crippen LogP contribution in [-0.2, 0) is 4.79 Å². The number of para-hydroxylation sites is 1. The number of rotatable bonds is 3. The molecule has 142 valence electrons. The monoisotopic (exact) mass is 367 g/mol. The summed E-state index contributed by atoms with van der Waals surface area (Å²) in [5.74, 6) is -0.186. The van der Waals surface area contributed by atoms with Gasteiger partial charge in [0.05, 0.1) is 17.4 Å². The van der Waals surface area contributed by atoms with E-state index in [0.717, 1.165) is 36.4 Å². The minimum absolute atomic E-state index is 0.101. The lowest BCUT2D eigenvalue weighted by Gasteiger charge is -2.40. The first-order valence-corrected chi connectivity index (χ1v) is 9.75. The van der Waals surface area contributed by atoms with Gasteiger partial charge < -0.3 is 9.80 Å². The molecule has 2 aromatic rings. The third-order valence-corrected chi connectivity index (χ3v) is 5.86. The van der Waals surface area contributed by atoms with E-state index in [4.69, 9.17) is 0 Å². The van der Waals surface area contributed by atoms with E-state index in [-0.39, 0.29) is 17.8 Å². The van der Waals surface area contributed by atoms with Crippen LogP contribution in [-0.4, -0.2) is 42.5 Å². The highest BCUT2D eigenvalue weighted by Gasteiger charge is 2.35. The highest BCUT2D eigenvalue weighted by atomic mass is 19.1. The summed E-state index contributed by atoms with van der Waals surface area (Å²) in [6.07, 6.45) is 2.28. The van der Waals surface area contributed by atoms with Crippen molar-refractivity contribution in [3.63, 3.8) is 0 Å². The Morgan fingerprint density at radius 2 is 1.85 bits per heavy atom. The molecule has 0 spiro atoms. The summed E-state index contributed by atoms with van der Waals surface area (Å²) in [7, 11) is 0. The highest BCUT2D eigenvalue weighted by molar-refractivity contribution is 6.01. The smallest absolute Gasteiger partial charge is 0.244 e. The van der Waals surface area contributed by atoms with Crippen molar-refractivity contribution in [2.75, 3.05) is 29.4 Å². The SMILES string of the molecule is CC(C(=O)N1CCN(c2ccccc2)c2cc(F)ccc21)N1CCC[C@H]1C. The topological polar surface area (TPSA) is 26.8 Å². The molecule has 2 aliphatic heterocycles. The summed E-state index contributed by atoms with van der Waals surface area (Å²) in [5, 5.41) is 0. The number of amides is 1. The second-order valence-corrected chi connectivity index (χ2v) is 7.52. The van der Waals surface area contributed by atoms with Gasteiger partial charge in [-0.05, 0) is 63.6 Å². The van der Waals surface area contributed by atoms with Crippen LogP contribution in [0.5, 0.6) is 0 Å². The van der Waals surface area contributed by atoms with Crippen LogP contribution >= 0.6 is 0 Å². The van der Waals surface area contributed by atoms with Crippen molar-refractivity contribution >= 4 is 23.0 Å². The molecule has 4 rings (SSSR count). The maximum atomic E-state index is 14.0. The molecule has 2 atom stereocenters. The Kier molecular flexibility index (Phi) is 4.87. The lowest BCUT2D eigenvalue weighted by Crippen LogP contribution is -2.51. The van der Waals surface area contributed by atoms with Gasteiger partial charge in [-0.3, -0.25) is 9.69 Å². The fraction of sp³-hybridized carbons (Fsp3) is 0.409. The number of nitrogens with zero attached hydrogens (tertiary/aromatic N) is 3. The first kappa shape index (κ1) is 18.0. The average Bonchev–Trinajstić information content (AvgIpc) is 3.12. The third kappa shape index (κ3) is 3.32. The molecule has 5 heteroatoms. The zero-order valence-corrected chi connectivity index (χ0v) is 15.9. The Morgan fingerprint density at radius 3 is 2.56 bits per heavy atom. The first-order valence-electron chi connectivity index (χ1n) is 9.75. The van der Waals surface area contributed by atoms with Crippen LogP contribution in [0, 0.1) is 5.82 Å². The fourth-order valence-electron chi connectivity index (χ4n) is 4.39. The van der Waals surface area contributed by atoms with Crippen LogP contribution in [0.25, 0.3) is 0 Å². The summed E-state index contributed by atoms with van der Waals surface area (Å²) >= 11 is 0. The molecule has 0 aromatic heterocycles. The predicted octanol–water partition coefficient (Wildman–Crippen LogP) is 4.18. The van der Waals surface area contributed by atoms with Gasteiger partial charge in [0.1, 0.15) is 5.82 Å². The van der Waals surface area contributed by atoms with Gasteiger partial charge in [-0.15, -0.1) is 0 Å². The van der Waals surface area contributed by atoms with Gasteiger partial charge in [0, 0.05) is 24.8 Å². The van der Waals surface area contributed by atoms with Crippen LogP contribution in [0.3, 0.4) is 0 Å². The second-order valence-electron chi connectivity index (χ2n) is 7.52. The number of hydrogen-bond acceptors (Lipinski definition) is 3. The molecular formula is C22H26FN3O. The zero-order chi connectivity index (χ0) is 19.0. The number of halogens is 1. The first-order chi connectivity index (χ1) is 13.1. The Morgan fingerprint density at radius 1 is 1.07 bits per heavy atom. The molecule has 2 aliphatic rings. The van der Waals surface area contributed by atoms with Crippen molar-refractivity contribution in [1.82, 2.24) is 4.90 Å². The van der Waals surface area contributed by atoms with E-state index in [9.17, 15) is 9.18 Å². The standard InChI is InChI=1S/C22H26FN3O/c1-16-7-6-12-24(16)17(2)22(27)26-14-13-25(19-8-4-3-5-9-19)21-15-18(23)10-11-20(21)26/h3-5,8-11,15-17H,6-7,12-14H2,1-2H3/t16-,17?/m1/s1. The summed E-state index contributed by atoms with van der Waals surface area (Å²) in [6, 6.07) is 14.9. The van der Waals surface area contributed by atoms with Crippen LogP contribution in [0.15, 0.2) is 48.5 Å². The van der Waals surface area contributed by atoms with Crippen molar-refractivity contribution in [1.29, 1.82) is 0 Å². The average molecular weight is 367 g/mol. The number of likely N-dealkylation sites (tertiary alicyclic amines) is 1. The van der Waals surface area contributed by atoms with Gasteiger partial charge in [0.2, 0.25) is 5.91 Å². The molecule has 1 unspecified atom stereocenters. The van der Waals surface area contributed by atoms with Gasteiger partial charge in [0.15, 0.2) is 0 Å². The Hall–Kier alpha value is -2.40. The van der Waals surface area contributed by atoms with E-state index in [1.54, 1.807) is 6.07 Å². The number of benzene rings is 2. The van der Waals surface area contributed by atoms with Gasteiger partial charge in [-0.1, -0.05) is 18.2 Å². The van der Waals surface area contributed by atoms with Crippen LogP contribution < -0.4 is 9.80 Å². The van der Waals surface area contributed by atoms with E-state index in [0.29, 0.717) is 19.1 Å². The Balaban J connectivity index is 1.66. The number of carbonyl (C=O) groups is 1. The van der Waals surface area contributed by atoms with Crippen molar-refractivity contribution < 1.29 is 9.18 Å². The van der Waals surface area contributed by atoms with Gasteiger partial charge in [-0.25, -0.2) is 4.39 Å². The molecule has 2 aromatic carbocycles. The van der Waals surface area contributed by atoms with Crippen LogP contribution in [0.4, 0.5) is 21.5 Å². The normalized spacial score (nSPS) is 21.2. The summed E-state index contributed by atoms with van der Waals surface area (Å²) in [5.41, 5.74) is 2.55. The van der Waals surface area contributed by atoms with Crippen LogP contribution in [0.1, 0.15) is 26.7 Å². The molecule has 2 heterocycles. The Bertz CT molecular complexity index is 826. The molecule has 0 radical (unpaired) electrons. The second kappa shape index (κ2) is 7.31. The molecule has 1 fully saturated rings. The van der Waals surface area contributed by atoms with Crippen molar-refractivity contribution in [3.8, 4) is 0 Å². The Labute approximate surface area is 160 Å². The van der Waals surface area contributed by atoms with E-state index >= 15 is 0 Å². The van der Waals surface area contributed by atoms with E-state index in [2.05, 4.69) is 16.7 Å². The molecule has 1 saturated heterocycles. The van der Waals surface area contributed by atoms with E-state index in [1.807, 2.05) is 42.2 Å². The van der Waals surface area contributed by atoms with Crippen molar-refractivity contribution in [3.05, 3.63) is 54.3 Å². The van der Waals surface area contributed by atoms with Crippen molar-refractivity contribution in [2.24, 2.45) is 0 Å². The molecule has 0 bridgehead atoms. The van der Waals surface area contributed by atoms with Crippen LogP contribution in [0.2, 0.25) is 0 Å². The van der Waals surface area contributed by atoms with Gasteiger partial charge in [0.25, 0.3) is 0 Å². The summed E-state index contributed by atoms with van der Waals surface area (Å²) in [6.45, 7) is 6.39. The zero-order valence-electron chi connectivity index (χ0n) is 15.9. The summed E-state index contributed by atoms with van der Waals surface area (Å²) in [4.78, 5) is 19.5. The number of fused-ring (bicyclic) bond motifs is 1. The lowest BCUT2D eigenvalue weighted by atomic mass is 10.1. The number of hydrogen-bond donors (Lipinski definition) is 0. The third-order valence-electron chi connectivity index (χ3n) is 5.86. The minimum Gasteiger partial charge on any atom is -0.338 e. The molecule has 27 heavy (non-hydrogen) atoms. The molecule has 1 amide bonds. The number of carbonyl (C=O) groups excluding carboxylic acids is 1. The maximum absolute atomic E-state index is 14.0. The maximum Gasteiger partial charge on any atom is 0.244 e. The van der Waals surface area contributed by atoms with E-state index < -0.39 is 0 Å². The molecular weight excluding hydrogens is 341 g/mol. The minimum atomic E-state index is -0.287.